The molecule has 190 valence electrons. The van der Waals surface area contributed by atoms with E-state index in [1.807, 2.05) is 24.3 Å². The minimum atomic E-state index is -0.725. The summed E-state index contributed by atoms with van der Waals surface area (Å²) in [5.74, 6) is 0.121. The molecule has 3 atom stereocenters. The van der Waals surface area contributed by atoms with Crippen molar-refractivity contribution < 1.29 is 28.2 Å². The van der Waals surface area contributed by atoms with Crippen LogP contribution in [0.3, 0.4) is 0 Å². The highest BCUT2D eigenvalue weighted by Crippen LogP contribution is 2.32. The van der Waals surface area contributed by atoms with Crippen LogP contribution >= 0.6 is 0 Å². The lowest BCUT2D eigenvalue weighted by Crippen LogP contribution is -2.40. The molecule has 0 amide bonds. The second-order valence-electron chi connectivity index (χ2n) is 9.45. The number of aliphatic hydroxyl groups excluding tert-OH is 1. The van der Waals surface area contributed by atoms with Crippen LogP contribution in [0.25, 0.3) is 11.1 Å². The zero-order chi connectivity index (χ0) is 25.5. The van der Waals surface area contributed by atoms with Crippen molar-refractivity contribution >= 4 is 5.78 Å². The van der Waals surface area contributed by atoms with Gasteiger partial charge in [0.05, 0.1) is 18.8 Å². The fourth-order valence-corrected chi connectivity index (χ4v) is 4.67. The minimum absolute atomic E-state index is 0.143. The number of halogens is 2. The minimum Gasteiger partial charge on any atom is -0.488 e. The molecule has 4 rings (SSSR count). The Hall–Kier alpha value is -3.09. The third-order valence-electron chi connectivity index (χ3n) is 6.62. The van der Waals surface area contributed by atoms with Crippen LogP contribution in [0, 0.1) is 11.6 Å². The van der Waals surface area contributed by atoms with Gasteiger partial charge in [-0.15, -0.1) is 0 Å². The maximum Gasteiger partial charge on any atom is 0.129 e. The summed E-state index contributed by atoms with van der Waals surface area (Å²) in [5.41, 5.74) is 3.11. The predicted octanol–water partition coefficient (Wildman–Crippen LogP) is 6.42. The van der Waals surface area contributed by atoms with Crippen LogP contribution in [0.15, 0.2) is 66.7 Å². The average molecular weight is 495 g/mol. The Labute approximate surface area is 210 Å². The summed E-state index contributed by atoms with van der Waals surface area (Å²) >= 11 is 0. The molecule has 6 heteroatoms. The molecule has 3 aromatic rings. The first kappa shape index (κ1) is 26.0. The molecule has 36 heavy (non-hydrogen) atoms. The van der Waals surface area contributed by atoms with Crippen molar-refractivity contribution in [3.63, 3.8) is 0 Å². The second-order valence-corrected chi connectivity index (χ2v) is 9.45. The molecule has 0 spiro atoms. The summed E-state index contributed by atoms with van der Waals surface area (Å²) in [5, 5.41) is 10.7. The molecule has 0 radical (unpaired) electrons. The summed E-state index contributed by atoms with van der Waals surface area (Å²) in [6, 6.07) is 18.6. The second kappa shape index (κ2) is 12.2. The van der Waals surface area contributed by atoms with E-state index in [4.69, 9.17) is 9.47 Å². The van der Waals surface area contributed by atoms with E-state index in [-0.39, 0.29) is 30.1 Å². The van der Waals surface area contributed by atoms with Crippen molar-refractivity contribution in [2.75, 3.05) is 0 Å². The van der Waals surface area contributed by atoms with Gasteiger partial charge in [0.2, 0.25) is 0 Å². The maximum absolute atomic E-state index is 14.0. The van der Waals surface area contributed by atoms with E-state index in [9.17, 15) is 18.7 Å². The molecule has 4 nitrogen and oxygen atoms in total. The Bertz CT molecular complexity index is 1180. The van der Waals surface area contributed by atoms with Gasteiger partial charge in [-0.25, -0.2) is 8.78 Å². The summed E-state index contributed by atoms with van der Waals surface area (Å²) in [7, 11) is 0. The number of carbonyl (C=O) groups excluding carboxylic acids is 1. The first-order chi connectivity index (χ1) is 17.4. The normalized spacial score (nSPS) is 19.7. The number of rotatable bonds is 10. The summed E-state index contributed by atoms with van der Waals surface area (Å²) in [4.78, 5) is 11.4. The lowest BCUT2D eigenvalue weighted by atomic mass is 9.92. The highest BCUT2D eigenvalue weighted by molar-refractivity contribution is 5.75. The number of carbonyl (C=O) groups is 1. The first-order valence-electron chi connectivity index (χ1n) is 12.5. The van der Waals surface area contributed by atoms with Gasteiger partial charge in [-0.1, -0.05) is 36.4 Å². The van der Waals surface area contributed by atoms with Gasteiger partial charge in [0.1, 0.15) is 29.3 Å². The van der Waals surface area contributed by atoms with Crippen molar-refractivity contribution in [2.45, 2.75) is 70.4 Å². The van der Waals surface area contributed by atoms with Gasteiger partial charge in [0, 0.05) is 18.4 Å². The van der Waals surface area contributed by atoms with E-state index in [1.165, 1.54) is 18.2 Å². The molecule has 0 aliphatic heterocycles. The van der Waals surface area contributed by atoms with E-state index in [2.05, 4.69) is 0 Å². The molecule has 1 fully saturated rings. The quantitative estimate of drug-likeness (QED) is 0.353. The molecule has 0 aromatic heterocycles. The first-order valence-corrected chi connectivity index (χ1v) is 12.5. The fraction of sp³-hybridized carbons (Fsp3) is 0.367. The van der Waals surface area contributed by atoms with Gasteiger partial charge in [-0.3, -0.25) is 0 Å². The van der Waals surface area contributed by atoms with Crippen LogP contribution in [-0.4, -0.2) is 29.2 Å². The van der Waals surface area contributed by atoms with Gasteiger partial charge >= 0.3 is 0 Å². The smallest absolute Gasteiger partial charge is 0.129 e. The number of hydrogen-bond acceptors (Lipinski definition) is 4. The van der Waals surface area contributed by atoms with Crippen LogP contribution in [-0.2, 0) is 22.6 Å². The van der Waals surface area contributed by atoms with Crippen molar-refractivity contribution in [1.82, 2.24) is 0 Å². The third-order valence-corrected chi connectivity index (χ3v) is 6.62. The number of benzene rings is 3. The Morgan fingerprint density at radius 1 is 1.00 bits per heavy atom. The summed E-state index contributed by atoms with van der Waals surface area (Å²) in [6.45, 7) is 1.74. The predicted molar refractivity (Wildman–Crippen MR) is 135 cm³/mol. The van der Waals surface area contributed by atoms with Crippen LogP contribution in [0.1, 0.15) is 50.2 Å². The van der Waals surface area contributed by atoms with Crippen LogP contribution < -0.4 is 4.74 Å². The van der Waals surface area contributed by atoms with Crippen LogP contribution in [0.4, 0.5) is 8.78 Å². The lowest BCUT2D eigenvalue weighted by Gasteiger charge is -2.33. The number of ether oxygens (including phenoxy) is 2. The Kier molecular flexibility index (Phi) is 8.83. The van der Waals surface area contributed by atoms with Gasteiger partial charge in [0.25, 0.3) is 0 Å². The average Bonchev–Trinajstić information content (AvgIpc) is 2.85. The number of ketones is 1. The van der Waals surface area contributed by atoms with Crippen molar-refractivity contribution in [2.24, 2.45) is 0 Å². The topological polar surface area (TPSA) is 55.8 Å². The molecule has 3 aromatic carbocycles. The van der Waals surface area contributed by atoms with Crippen LogP contribution in [0.2, 0.25) is 0 Å². The van der Waals surface area contributed by atoms with E-state index in [0.29, 0.717) is 49.8 Å². The largest absolute Gasteiger partial charge is 0.488 e. The van der Waals surface area contributed by atoms with Gasteiger partial charge in [0.15, 0.2) is 0 Å². The van der Waals surface area contributed by atoms with E-state index in [1.54, 1.807) is 31.2 Å². The summed E-state index contributed by atoms with van der Waals surface area (Å²) in [6.07, 6.45) is 2.29. The molecule has 1 aliphatic carbocycles. The van der Waals surface area contributed by atoms with Crippen molar-refractivity contribution in [3.8, 4) is 16.9 Å². The summed E-state index contributed by atoms with van der Waals surface area (Å²) < 4.78 is 39.8. The number of aliphatic hydroxyl groups is 1. The molecule has 1 aliphatic rings. The zero-order valence-corrected chi connectivity index (χ0v) is 20.5. The van der Waals surface area contributed by atoms with Gasteiger partial charge in [-0.2, -0.15) is 0 Å². The van der Waals surface area contributed by atoms with Gasteiger partial charge in [-0.05, 0) is 79.6 Å². The zero-order valence-electron chi connectivity index (χ0n) is 20.5. The molecule has 3 unspecified atom stereocenters. The monoisotopic (exact) mass is 494 g/mol. The Balaban J connectivity index is 1.41. The lowest BCUT2D eigenvalue weighted by molar-refractivity contribution is -0.117. The molecule has 0 heterocycles. The highest BCUT2D eigenvalue weighted by atomic mass is 19.1. The SMILES string of the molecule is CC(=O)CCCc1ccc(OC2CCC(OCc3ccccc3F)CC2O)cc1-c1cccc(F)c1. The number of Topliss-reactive ketones (excluding diaryl/α,β-unsaturated/α-hetero) is 1. The van der Waals surface area contributed by atoms with Gasteiger partial charge < -0.3 is 19.4 Å². The molecule has 1 N–H and O–H groups in total. The fourth-order valence-electron chi connectivity index (χ4n) is 4.67. The highest BCUT2D eigenvalue weighted by Gasteiger charge is 2.31. The number of aryl methyl sites for hydroxylation is 1. The van der Waals surface area contributed by atoms with E-state index < -0.39 is 12.2 Å². The number of hydrogen-bond donors (Lipinski definition) is 1. The molecular weight excluding hydrogens is 462 g/mol. The van der Waals surface area contributed by atoms with Crippen molar-refractivity contribution in [3.05, 3.63) is 89.5 Å². The Morgan fingerprint density at radius 3 is 2.58 bits per heavy atom. The Morgan fingerprint density at radius 2 is 1.83 bits per heavy atom. The molecule has 0 bridgehead atoms. The third kappa shape index (κ3) is 6.99. The molecular formula is C30H32F2O4. The standard InChI is InChI=1S/C30H32F2O4/c1-20(33)6-4-8-21-12-13-26(17-27(21)22-9-5-10-24(31)16-22)36-30-15-14-25(18-29(30)34)35-19-23-7-2-3-11-28(23)32/h2-3,5,7,9-13,16-17,25,29-30,34H,4,6,8,14-15,18-19H2,1H3. The molecule has 1 saturated carbocycles. The van der Waals surface area contributed by atoms with E-state index in [0.717, 1.165) is 16.7 Å². The van der Waals surface area contributed by atoms with E-state index >= 15 is 0 Å². The van der Waals surface area contributed by atoms with Crippen molar-refractivity contribution in [1.29, 1.82) is 0 Å². The maximum atomic E-state index is 14.0. The van der Waals surface area contributed by atoms with Crippen LogP contribution in [0.5, 0.6) is 5.75 Å². The molecule has 0 saturated heterocycles.